The fourth-order valence-corrected chi connectivity index (χ4v) is 6.06. The van der Waals surface area contributed by atoms with Crippen molar-refractivity contribution < 1.29 is 36.2 Å². The Morgan fingerprint density at radius 1 is 1.32 bits per heavy atom. The van der Waals surface area contributed by atoms with E-state index in [1.807, 2.05) is 11.3 Å². The zero-order valence-corrected chi connectivity index (χ0v) is 19.4. The van der Waals surface area contributed by atoms with Crippen molar-refractivity contribution in [2.24, 2.45) is 11.3 Å². The Kier molecular flexibility index (Phi) is 8.53. The van der Waals surface area contributed by atoms with Crippen molar-refractivity contribution in [1.29, 1.82) is 0 Å². The van der Waals surface area contributed by atoms with Crippen molar-refractivity contribution in [3.05, 3.63) is 21.9 Å². The van der Waals surface area contributed by atoms with Gasteiger partial charge in [-0.25, -0.2) is 17.5 Å². The van der Waals surface area contributed by atoms with Gasteiger partial charge in [-0.3, -0.25) is 4.90 Å². The van der Waals surface area contributed by atoms with Gasteiger partial charge >= 0.3 is 12.1 Å². The van der Waals surface area contributed by atoms with E-state index >= 15 is 0 Å². The standard InChI is InChI=1S/C17H28N2O3S2.C2HF3O2/c1-14-4-5-16(23-14)11-18-8-6-17(7-9-18)13-19(24(3,20)21)10-15(17)12-22-2;3-2(4,5)1(6)7/h4-5,15H,6-13H2,1-3H3;(H,6,7). The monoisotopic (exact) mass is 486 g/mol. The normalized spacial score (nSPS) is 22.3. The number of halogens is 3. The van der Waals surface area contributed by atoms with Crippen molar-refractivity contribution in [3.63, 3.8) is 0 Å². The molecule has 3 heterocycles. The van der Waals surface area contributed by atoms with Crippen LogP contribution in [0.5, 0.6) is 0 Å². The van der Waals surface area contributed by atoms with E-state index in [0.29, 0.717) is 25.6 Å². The molecule has 1 N–H and O–H groups in total. The molecule has 0 aliphatic carbocycles. The highest BCUT2D eigenvalue weighted by molar-refractivity contribution is 7.88. The van der Waals surface area contributed by atoms with Crippen LogP contribution in [-0.2, 0) is 26.1 Å². The highest BCUT2D eigenvalue weighted by Crippen LogP contribution is 2.45. The summed E-state index contributed by atoms with van der Waals surface area (Å²) in [5, 5.41) is 7.12. The minimum atomic E-state index is -5.08. The van der Waals surface area contributed by atoms with Crippen LogP contribution in [0.15, 0.2) is 12.1 Å². The number of thiophene rings is 1. The van der Waals surface area contributed by atoms with Crippen molar-refractivity contribution in [2.75, 3.05) is 46.2 Å². The fourth-order valence-electron chi connectivity index (χ4n) is 4.18. The third kappa shape index (κ3) is 7.14. The van der Waals surface area contributed by atoms with Crippen LogP contribution >= 0.6 is 11.3 Å². The summed E-state index contributed by atoms with van der Waals surface area (Å²) < 4.78 is 62.8. The van der Waals surface area contributed by atoms with Gasteiger partial charge in [-0.2, -0.15) is 13.2 Å². The van der Waals surface area contributed by atoms with Crippen LogP contribution in [-0.4, -0.2) is 81.0 Å². The zero-order chi connectivity index (χ0) is 23.4. The topological polar surface area (TPSA) is 87.2 Å². The number of sulfonamides is 1. The van der Waals surface area contributed by atoms with Gasteiger partial charge in [0, 0.05) is 42.4 Å². The van der Waals surface area contributed by atoms with Gasteiger partial charge in [-0.15, -0.1) is 11.3 Å². The summed E-state index contributed by atoms with van der Waals surface area (Å²) in [6.07, 6.45) is -1.65. The van der Waals surface area contributed by atoms with E-state index < -0.39 is 22.2 Å². The number of alkyl halides is 3. The molecule has 7 nitrogen and oxygen atoms in total. The summed E-state index contributed by atoms with van der Waals surface area (Å²) >= 11 is 1.87. The molecule has 2 aliphatic heterocycles. The van der Waals surface area contributed by atoms with Gasteiger partial charge in [0.05, 0.1) is 12.9 Å². The number of nitrogens with zero attached hydrogens (tertiary/aromatic N) is 2. The summed E-state index contributed by atoms with van der Waals surface area (Å²) in [6.45, 7) is 7.15. The van der Waals surface area contributed by atoms with Gasteiger partial charge in [0.2, 0.25) is 10.0 Å². The van der Waals surface area contributed by atoms with Gasteiger partial charge in [0.25, 0.3) is 0 Å². The second kappa shape index (κ2) is 10.2. The first kappa shape index (κ1) is 26.0. The predicted molar refractivity (Wildman–Crippen MR) is 111 cm³/mol. The molecule has 1 spiro atoms. The van der Waals surface area contributed by atoms with E-state index in [1.165, 1.54) is 16.0 Å². The van der Waals surface area contributed by atoms with Crippen molar-refractivity contribution >= 4 is 27.3 Å². The maximum absolute atomic E-state index is 12.0. The average molecular weight is 487 g/mol. The summed E-state index contributed by atoms with van der Waals surface area (Å²) in [4.78, 5) is 14.2. The summed E-state index contributed by atoms with van der Waals surface area (Å²) in [7, 11) is -1.41. The van der Waals surface area contributed by atoms with Crippen LogP contribution in [0, 0.1) is 18.3 Å². The summed E-state index contributed by atoms with van der Waals surface area (Å²) in [5.74, 6) is -2.45. The second-order valence-electron chi connectivity index (χ2n) is 8.16. The number of piperidine rings is 1. The zero-order valence-electron chi connectivity index (χ0n) is 17.8. The lowest BCUT2D eigenvalue weighted by Crippen LogP contribution is -2.45. The first-order valence-electron chi connectivity index (χ1n) is 9.79. The lowest BCUT2D eigenvalue weighted by atomic mass is 9.71. The quantitative estimate of drug-likeness (QED) is 0.689. The number of hydrogen-bond donors (Lipinski definition) is 1. The predicted octanol–water partition coefficient (Wildman–Crippen LogP) is 2.81. The molecular weight excluding hydrogens is 457 g/mol. The first-order valence-corrected chi connectivity index (χ1v) is 12.5. The fraction of sp³-hybridized carbons (Fsp3) is 0.737. The van der Waals surface area contributed by atoms with E-state index in [0.717, 1.165) is 32.5 Å². The van der Waals surface area contributed by atoms with E-state index in [4.69, 9.17) is 14.6 Å². The Morgan fingerprint density at radius 2 is 1.90 bits per heavy atom. The van der Waals surface area contributed by atoms with Crippen LogP contribution in [0.3, 0.4) is 0 Å². The van der Waals surface area contributed by atoms with Crippen molar-refractivity contribution in [1.82, 2.24) is 9.21 Å². The molecule has 1 atom stereocenters. The number of hydrogen-bond acceptors (Lipinski definition) is 6. The van der Waals surface area contributed by atoms with Crippen LogP contribution in [0.2, 0.25) is 0 Å². The molecular formula is C19H29F3N2O5S2. The van der Waals surface area contributed by atoms with Crippen LogP contribution in [0.25, 0.3) is 0 Å². The molecule has 0 amide bonds. The molecule has 2 aliphatic rings. The molecule has 3 rings (SSSR count). The number of ether oxygens (including phenoxy) is 1. The molecule has 178 valence electrons. The molecule has 0 bridgehead atoms. The Balaban J connectivity index is 0.000000423. The number of methoxy groups -OCH3 is 1. The smallest absolute Gasteiger partial charge is 0.475 e. The number of carboxylic acid groups (broad SMARTS) is 1. The van der Waals surface area contributed by atoms with Crippen LogP contribution < -0.4 is 0 Å². The lowest BCUT2D eigenvalue weighted by molar-refractivity contribution is -0.192. The molecule has 1 aromatic rings. The highest BCUT2D eigenvalue weighted by Gasteiger charge is 2.50. The average Bonchev–Trinajstić information content (AvgIpc) is 3.21. The maximum atomic E-state index is 12.0. The second-order valence-corrected chi connectivity index (χ2v) is 11.5. The minimum absolute atomic E-state index is 0.0843. The molecule has 0 aromatic carbocycles. The van der Waals surface area contributed by atoms with Gasteiger partial charge < -0.3 is 9.84 Å². The summed E-state index contributed by atoms with van der Waals surface area (Å²) in [6, 6.07) is 4.40. The third-order valence-electron chi connectivity index (χ3n) is 5.89. The van der Waals surface area contributed by atoms with E-state index in [1.54, 1.807) is 11.4 Å². The van der Waals surface area contributed by atoms with E-state index in [2.05, 4.69) is 24.0 Å². The van der Waals surface area contributed by atoms with Gasteiger partial charge in [0.1, 0.15) is 0 Å². The summed E-state index contributed by atoms with van der Waals surface area (Å²) in [5.41, 5.74) is 0.0843. The molecule has 1 aromatic heterocycles. The SMILES string of the molecule is COCC1CN(S(C)(=O)=O)CC12CCN(Cc1ccc(C)s1)CC2.O=C(O)C(F)(F)F. The molecule has 2 fully saturated rings. The Hall–Kier alpha value is -1.21. The van der Waals surface area contributed by atoms with Gasteiger partial charge in [-0.05, 0) is 50.4 Å². The number of aliphatic carboxylic acids is 1. The number of likely N-dealkylation sites (tertiary alicyclic amines) is 1. The first-order chi connectivity index (χ1) is 14.3. The Morgan fingerprint density at radius 3 is 2.32 bits per heavy atom. The highest BCUT2D eigenvalue weighted by atomic mass is 32.2. The molecule has 0 saturated carbocycles. The number of carboxylic acids is 1. The van der Waals surface area contributed by atoms with Crippen LogP contribution in [0.4, 0.5) is 13.2 Å². The number of rotatable bonds is 5. The third-order valence-corrected chi connectivity index (χ3v) is 8.09. The number of carbonyl (C=O) groups is 1. The number of aryl methyl sites for hydroxylation is 1. The van der Waals surface area contributed by atoms with Crippen molar-refractivity contribution in [2.45, 2.75) is 32.5 Å². The molecule has 0 radical (unpaired) electrons. The van der Waals surface area contributed by atoms with Crippen molar-refractivity contribution in [3.8, 4) is 0 Å². The molecule has 1 unspecified atom stereocenters. The lowest BCUT2D eigenvalue weighted by Gasteiger charge is -2.42. The minimum Gasteiger partial charge on any atom is -0.475 e. The molecule has 2 saturated heterocycles. The van der Waals surface area contributed by atoms with E-state index in [9.17, 15) is 21.6 Å². The Bertz CT molecular complexity index is 849. The largest absolute Gasteiger partial charge is 0.490 e. The molecule has 12 heteroatoms. The van der Waals surface area contributed by atoms with Gasteiger partial charge in [0.15, 0.2) is 0 Å². The Labute approximate surface area is 184 Å². The van der Waals surface area contributed by atoms with Crippen LogP contribution in [0.1, 0.15) is 22.6 Å². The maximum Gasteiger partial charge on any atom is 0.490 e. The van der Waals surface area contributed by atoms with E-state index in [-0.39, 0.29) is 5.41 Å². The van der Waals surface area contributed by atoms with Gasteiger partial charge in [-0.1, -0.05) is 0 Å². The molecule has 31 heavy (non-hydrogen) atoms.